The van der Waals surface area contributed by atoms with Gasteiger partial charge in [0, 0.05) is 37.1 Å². The molecule has 1 atom stereocenters. The maximum Gasteiger partial charge on any atom is 0.0226 e. The summed E-state index contributed by atoms with van der Waals surface area (Å²) in [5.41, 5.74) is 4.21. The molecule has 0 aromatic carbocycles. The van der Waals surface area contributed by atoms with Crippen LogP contribution in [0.2, 0.25) is 0 Å². The third-order valence-corrected chi connectivity index (χ3v) is 4.06. The number of nitrogens with one attached hydrogen (secondary N) is 1. The van der Waals surface area contributed by atoms with E-state index in [2.05, 4.69) is 62.4 Å². The van der Waals surface area contributed by atoms with Crippen LogP contribution in [0.15, 0.2) is 6.07 Å². The molecule has 1 unspecified atom stereocenters. The first-order valence-electron chi connectivity index (χ1n) is 7.64. The number of hydrogen-bond acceptors (Lipinski definition) is 2. The standard InChI is InChI=1S/C16H31N3/c1-7-18(8-2)12-13(4)17-11-16-10-14(5)19(9-3)15(16)6/h10,13,17H,7-9,11-12H2,1-6H3. The van der Waals surface area contributed by atoms with Gasteiger partial charge in [0.2, 0.25) is 0 Å². The van der Waals surface area contributed by atoms with Gasteiger partial charge >= 0.3 is 0 Å². The average molecular weight is 265 g/mol. The van der Waals surface area contributed by atoms with Gasteiger partial charge in [-0.2, -0.15) is 0 Å². The monoisotopic (exact) mass is 265 g/mol. The molecule has 0 aliphatic rings. The van der Waals surface area contributed by atoms with Crippen molar-refractivity contribution in [2.45, 2.75) is 60.7 Å². The van der Waals surface area contributed by atoms with Crippen LogP contribution < -0.4 is 5.32 Å². The minimum Gasteiger partial charge on any atom is -0.349 e. The van der Waals surface area contributed by atoms with Gasteiger partial charge in [0.15, 0.2) is 0 Å². The number of rotatable bonds is 8. The highest BCUT2D eigenvalue weighted by Gasteiger charge is 2.10. The molecule has 0 bridgehead atoms. The lowest BCUT2D eigenvalue weighted by Crippen LogP contribution is -2.38. The van der Waals surface area contributed by atoms with Crippen LogP contribution in [-0.4, -0.2) is 35.1 Å². The summed E-state index contributed by atoms with van der Waals surface area (Å²) in [7, 11) is 0. The second-order valence-corrected chi connectivity index (χ2v) is 5.41. The Kier molecular flexibility index (Phi) is 6.59. The Morgan fingerprint density at radius 2 is 1.84 bits per heavy atom. The van der Waals surface area contributed by atoms with E-state index in [4.69, 9.17) is 0 Å². The smallest absolute Gasteiger partial charge is 0.0226 e. The van der Waals surface area contributed by atoms with Gasteiger partial charge in [-0.1, -0.05) is 13.8 Å². The molecule has 0 aliphatic heterocycles. The zero-order chi connectivity index (χ0) is 14.4. The van der Waals surface area contributed by atoms with Crippen LogP contribution in [-0.2, 0) is 13.1 Å². The fraction of sp³-hybridized carbons (Fsp3) is 0.750. The zero-order valence-corrected chi connectivity index (χ0v) is 13.6. The molecule has 1 N–H and O–H groups in total. The average Bonchev–Trinajstić information content (AvgIpc) is 2.67. The van der Waals surface area contributed by atoms with Crippen molar-refractivity contribution in [3.8, 4) is 0 Å². The number of nitrogens with zero attached hydrogens (tertiary/aromatic N) is 2. The van der Waals surface area contributed by atoms with E-state index in [0.717, 1.165) is 32.7 Å². The summed E-state index contributed by atoms with van der Waals surface area (Å²) in [6.45, 7) is 18.8. The van der Waals surface area contributed by atoms with Crippen LogP contribution in [0.3, 0.4) is 0 Å². The Hall–Kier alpha value is -0.800. The maximum absolute atomic E-state index is 3.65. The van der Waals surface area contributed by atoms with Crippen molar-refractivity contribution in [2.24, 2.45) is 0 Å². The molecule has 0 saturated heterocycles. The lowest BCUT2D eigenvalue weighted by molar-refractivity contribution is 0.270. The van der Waals surface area contributed by atoms with E-state index in [0.29, 0.717) is 6.04 Å². The second kappa shape index (κ2) is 7.71. The van der Waals surface area contributed by atoms with Crippen molar-refractivity contribution in [2.75, 3.05) is 19.6 Å². The Morgan fingerprint density at radius 3 is 2.32 bits per heavy atom. The van der Waals surface area contributed by atoms with Crippen LogP contribution in [0.5, 0.6) is 0 Å². The predicted molar refractivity (Wildman–Crippen MR) is 83.7 cm³/mol. The SMILES string of the molecule is CCN(CC)CC(C)NCc1cc(C)n(CC)c1C. The van der Waals surface area contributed by atoms with E-state index >= 15 is 0 Å². The molecule has 1 aromatic rings. The van der Waals surface area contributed by atoms with Crippen molar-refractivity contribution < 1.29 is 0 Å². The Balaban J connectivity index is 2.52. The summed E-state index contributed by atoms with van der Waals surface area (Å²) in [6.07, 6.45) is 0. The third-order valence-electron chi connectivity index (χ3n) is 4.06. The Bertz CT molecular complexity index is 378. The second-order valence-electron chi connectivity index (χ2n) is 5.41. The van der Waals surface area contributed by atoms with Crippen LogP contribution in [0.25, 0.3) is 0 Å². The van der Waals surface area contributed by atoms with Crippen molar-refractivity contribution in [3.05, 3.63) is 23.0 Å². The van der Waals surface area contributed by atoms with Crippen molar-refractivity contribution in [3.63, 3.8) is 0 Å². The summed E-state index contributed by atoms with van der Waals surface area (Å²) < 4.78 is 2.38. The van der Waals surface area contributed by atoms with Crippen LogP contribution in [0, 0.1) is 13.8 Å². The summed E-state index contributed by atoms with van der Waals surface area (Å²) in [5.74, 6) is 0. The normalized spacial score (nSPS) is 13.2. The van der Waals surface area contributed by atoms with Gasteiger partial charge in [-0.05, 0) is 52.4 Å². The molecule has 3 heteroatoms. The molecule has 1 rings (SSSR count). The van der Waals surface area contributed by atoms with Crippen LogP contribution >= 0.6 is 0 Å². The molecule has 110 valence electrons. The zero-order valence-electron chi connectivity index (χ0n) is 13.6. The van der Waals surface area contributed by atoms with Gasteiger partial charge in [0.1, 0.15) is 0 Å². The number of aryl methyl sites for hydroxylation is 1. The highest BCUT2D eigenvalue weighted by atomic mass is 15.1. The molecule has 3 nitrogen and oxygen atoms in total. The van der Waals surface area contributed by atoms with Gasteiger partial charge in [-0.3, -0.25) is 0 Å². The van der Waals surface area contributed by atoms with E-state index in [9.17, 15) is 0 Å². The van der Waals surface area contributed by atoms with E-state index in [-0.39, 0.29) is 0 Å². The van der Waals surface area contributed by atoms with Gasteiger partial charge in [0.05, 0.1) is 0 Å². The van der Waals surface area contributed by atoms with Crippen molar-refractivity contribution in [1.29, 1.82) is 0 Å². The fourth-order valence-corrected chi connectivity index (χ4v) is 2.76. The lowest BCUT2D eigenvalue weighted by Gasteiger charge is -2.23. The van der Waals surface area contributed by atoms with E-state index in [1.54, 1.807) is 0 Å². The Labute approximate surface area is 119 Å². The van der Waals surface area contributed by atoms with Gasteiger partial charge in [-0.25, -0.2) is 0 Å². The molecule has 0 saturated carbocycles. The molecule has 0 amide bonds. The molecule has 0 fully saturated rings. The molecule has 19 heavy (non-hydrogen) atoms. The number of aromatic nitrogens is 1. The van der Waals surface area contributed by atoms with E-state index in [1.165, 1.54) is 17.0 Å². The predicted octanol–water partition coefficient (Wildman–Crippen LogP) is 2.94. The molecular weight excluding hydrogens is 234 g/mol. The Morgan fingerprint density at radius 1 is 1.21 bits per heavy atom. The number of hydrogen-bond donors (Lipinski definition) is 1. The number of likely N-dealkylation sites (N-methyl/N-ethyl adjacent to an activating group) is 1. The third kappa shape index (κ3) is 4.36. The highest BCUT2D eigenvalue weighted by Crippen LogP contribution is 2.14. The first-order valence-corrected chi connectivity index (χ1v) is 7.64. The van der Waals surface area contributed by atoms with Crippen LogP contribution in [0.1, 0.15) is 44.6 Å². The molecule has 0 radical (unpaired) electrons. The van der Waals surface area contributed by atoms with E-state index < -0.39 is 0 Å². The lowest BCUT2D eigenvalue weighted by atomic mass is 10.2. The first-order chi connectivity index (χ1) is 9.03. The summed E-state index contributed by atoms with van der Waals surface area (Å²) in [6, 6.07) is 2.85. The quantitative estimate of drug-likeness (QED) is 0.780. The topological polar surface area (TPSA) is 20.2 Å². The van der Waals surface area contributed by atoms with E-state index in [1.807, 2.05) is 0 Å². The van der Waals surface area contributed by atoms with Crippen LogP contribution in [0.4, 0.5) is 0 Å². The maximum atomic E-state index is 3.65. The molecule has 1 heterocycles. The molecule has 0 aliphatic carbocycles. The fourth-order valence-electron chi connectivity index (χ4n) is 2.76. The van der Waals surface area contributed by atoms with Crippen molar-refractivity contribution >= 4 is 0 Å². The molecule has 0 spiro atoms. The molecular formula is C16H31N3. The van der Waals surface area contributed by atoms with Gasteiger partial charge in [0.25, 0.3) is 0 Å². The summed E-state index contributed by atoms with van der Waals surface area (Å²) in [5, 5.41) is 3.65. The minimum absolute atomic E-state index is 0.532. The minimum atomic E-state index is 0.532. The largest absolute Gasteiger partial charge is 0.349 e. The summed E-state index contributed by atoms with van der Waals surface area (Å²) in [4.78, 5) is 2.47. The molecule has 1 aromatic heterocycles. The van der Waals surface area contributed by atoms with Crippen molar-refractivity contribution in [1.82, 2.24) is 14.8 Å². The summed E-state index contributed by atoms with van der Waals surface area (Å²) >= 11 is 0. The highest BCUT2D eigenvalue weighted by molar-refractivity contribution is 5.26. The first kappa shape index (κ1) is 16.3. The van der Waals surface area contributed by atoms with Gasteiger partial charge in [-0.15, -0.1) is 0 Å². The van der Waals surface area contributed by atoms with Gasteiger partial charge < -0.3 is 14.8 Å².